The van der Waals surface area contributed by atoms with Crippen molar-refractivity contribution in [3.05, 3.63) is 0 Å². The first-order chi connectivity index (χ1) is 10.4. The van der Waals surface area contributed by atoms with Crippen LogP contribution in [0.15, 0.2) is 0 Å². The maximum atomic E-state index is 12.2. The van der Waals surface area contributed by atoms with Crippen molar-refractivity contribution in [2.75, 3.05) is 26.2 Å². The molecule has 0 aromatic rings. The number of piperidine rings is 1. The van der Waals surface area contributed by atoms with Crippen LogP contribution in [0, 0.1) is 17.8 Å². The third-order valence-corrected chi connectivity index (χ3v) is 4.19. The molecule has 5 heteroatoms. The first-order valence-electron chi connectivity index (χ1n) is 8.55. The Labute approximate surface area is 134 Å². The minimum atomic E-state index is -0.177. The van der Waals surface area contributed by atoms with Crippen LogP contribution in [0.5, 0.6) is 0 Å². The number of esters is 1. The highest BCUT2D eigenvalue weighted by Gasteiger charge is 2.33. The van der Waals surface area contributed by atoms with Crippen LogP contribution in [0.1, 0.15) is 47.5 Å². The average Bonchev–Trinajstić information content (AvgIpc) is 2.45. The number of rotatable bonds is 7. The number of carbonyl (C=O) groups excluding carboxylic acids is 2. The number of amides is 1. The molecule has 2 atom stereocenters. The van der Waals surface area contributed by atoms with Crippen molar-refractivity contribution < 1.29 is 14.3 Å². The lowest BCUT2D eigenvalue weighted by molar-refractivity contribution is -0.152. The zero-order valence-electron chi connectivity index (χ0n) is 14.7. The Bertz CT molecular complexity index is 369. The van der Waals surface area contributed by atoms with Crippen LogP contribution in [-0.4, -0.2) is 49.1 Å². The highest BCUT2D eigenvalue weighted by Crippen LogP contribution is 2.22. The minimum absolute atomic E-state index is 0.0163. The van der Waals surface area contributed by atoms with E-state index in [4.69, 9.17) is 4.74 Å². The first kappa shape index (κ1) is 18.9. The topological polar surface area (TPSA) is 58.6 Å². The molecule has 0 aliphatic carbocycles. The van der Waals surface area contributed by atoms with Crippen LogP contribution < -0.4 is 5.32 Å². The number of nitrogens with one attached hydrogen (secondary N) is 1. The van der Waals surface area contributed by atoms with Crippen molar-refractivity contribution in [1.29, 1.82) is 0 Å². The van der Waals surface area contributed by atoms with Crippen LogP contribution in [0.25, 0.3) is 0 Å². The van der Waals surface area contributed by atoms with Gasteiger partial charge in [0.15, 0.2) is 0 Å². The number of hydrogen-bond donors (Lipinski definition) is 1. The molecule has 5 nitrogen and oxygen atoms in total. The van der Waals surface area contributed by atoms with Gasteiger partial charge >= 0.3 is 5.97 Å². The molecule has 1 N–H and O–H groups in total. The summed E-state index contributed by atoms with van der Waals surface area (Å²) in [6.45, 7) is 12.7. The summed E-state index contributed by atoms with van der Waals surface area (Å²) >= 11 is 0. The molecule has 1 rings (SSSR count). The lowest BCUT2D eigenvalue weighted by Crippen LogP contribution is -2.51. The molecule has 1 fully saturated rings. The second-order valence-electron chi connectivity index (χ2n) is 6.84. The van der Waals surface area contributed by atoms with E-state index in [1.807, 2.05) is 20.8 Å². The van der Waals surface area contributed by atoms with E-state index in [0.29, 0.717) is 19.1 Å². The molecule has 0 aromatic carbocycles. The molecule has 0 spiro atoms. The molecule has 128 valence electrons. The van der Waals surface area contributed by atoms with Gasteiger partial charge in [0.05, 0.1) is 6.61 Å². The van der Waals surface area contributed by atoms with E-state index in [-0.39, 0.29) is 29.8 Å². The zero-order valence-corrected chi connectivity index (χ0v) is 14.7. The van der Waals surface area contributed by atoms with Crippen molar-refractivity contribution in [1.82, 2.24) is 10.2 Å². The van der Waals surface area contributed by atoms with Crippen molar-refractivity contribution in [2.45, 2.75) is 53.5 Å². The number of ether oxygens (including phenoxy) is 1. The summed E-state index contributed by atoms with van der Waals surface area (Å²) in [4.78, 5) is 26.2. The maximum Gasteiger partial charge on any atom is 0.323 e. The van der Waals surface area contributed by atoms with Crippen LogP contribution in [0.2, 0.25) is 0 Å². The Morgan fingerprint density at radius 2 is 1.95 bits per heavy atom. The third kappa shape index (κ3) is 5.59. The molecule has 0 unspecified atom stereocenters. The fraction of sp³-hybridized carbons (Fsp3) is 0.882. The predicted octanol–water partition coefficient (Wildman–Crippen LogP) is 2.06. The van der Waals surface area contributed by atoms with Gasteiger partial charge in [0, 0.05) is 19.0 Å². The predicted molar refractivity (Wildman–Crippen MR) is 87.4 cm³/mol. The van der Waals surface area contributed by atoms with Crippen LogP contribution >= 0.6 is 0 Å². The van der Waals surface area contributed by atoms with Gasteiger partial charge in [-0.05, 0) is 38.1 Å². The van der Waals surface area contributed by atoms with Gasteiger partial charge in [0.2, 0.25) is 5.91 Å². The molecule has 0 bridgehead atoms. The first-order valence-corrected chi connectivity index (χ1v) is 8.55. The van der Waals surface area contributed by atoms with Crippen molar-refractivity contribution in [3.63, 3.8) is 0 Å². The molecular formula is C17H32N2O3. The van der Waals surface area contributed by atoms with E-state index in [2.05, 4.69) is 24.1 Å². The van der Waals surface area contributed by atoms with E-state index in [1.165, 1.54) is 0 Å². The monoisotopic (exact) mass is 312 g/mol. The number of hydrogen-bond acceptors (Lipinski definition) is 4. The average molecular weight is 312 g/mol. The van der Waals surface area contributed by atoms with Gasteiger partial charge in [-0.2, -0.15) is 0 Å². The van der Waals surface area contributed by atoms with Crippen LogP contribution in [0.3, 0.4) is 0 Å². The van der Waals surface area contributed by atoms with Gasteiger partial charge < -0.3 is 10.1 Å². The largest absolute Gasteiger partial charge is 0.465 e. The molecule has 1 amide bonds. The molecule has 22 heavy (non-hydrogen) atoms. The van der Waals surface area contributed by atoms with Gasteiger partial charge in [-0.25, -0.2) is 0 Å². The smallest absolute Gasteiger partial charge is 0.323 e. The van der Waals surface area contributed by atoms with Gasteiger partial charge in [-0.3, -0.25) is 14.5 Å². The minimum Gasteiger partial charge on any atom is -0.465 e. The highest BCUT2D eigenvalue weighted by atomic mass is 16.5. The Balaban J connectivity index is 2.59. The fourth-order valence-corrected chi connectivity index (χ4v) is 3.04. The van der Waals surface area contributed by atoms with Crippen molar-refractivity contribution >= 4 is 11.9 Å². The summed E-state index contributed by atoms with van der Waals surface area (Å²) in [5, 5.41) is 3.01. The molecular weight excluding hydrogens is 280 g/mol. The van der Waals surface area contributed by atoms with Gasteiger partial charge in [0.25, 0.3) is 0 Å². The summed E-state index contributed by atoms with van der Waals surface area (Å²) in [6, 6.07) is -0.177. The molecule has 0 radical (unpaired) electrons. The molecule has 1 saturated heterocycles. The maximum absolute atomic E-state index is 12.2. The van der Waals surface area contributed by atoms with Crippen molar-refractivity contribution in [3.8, 4) is 0 Å². The second kappa shape index (κ2) is 9.13. The quantitative estimate of drug-likeness (QED) is 0.731. The summed E-state index contributed by atoms with van der Waals surface area (Å²) in [5.74, 6) is 0.630. The van der Waals surface area contributed by atoms with Crippen molar-refractivity contribution in [2.24, 2.45) is 17.8 Å². The molecule has 1 aliphatic heterocycles. The summed E-state index contributed by atoms with van der Waals surface area (Å²) in [5.41, 5.74) is 0. The summed E-state index contributed by atoms with van der Waals surface area (Å²) in [7, 11) is 0. The van der Waals surface area contributed by atoms with Gasteiger partial charge in [0.1, 0.15) is 6.04 Å². The third-order valence-electron chi connectivity index (χ3n) is 4.19. The lowest BCUT2D eigenvalue weighted by atomic mass is 9.93. The molecule has 1 heterocycles. The van der Waals surface area contributed by atoms with Gasteiger partial charge in [-0.15, -0.1) is 0 Å². The van der Waals surface area contributed by atoms with Crippen LogP contribution in [-0.2, 0) is 14.3 Å². The standard InChI is InChI=1S/C17H32N2O3/c1-6-22-17(21)15(12(2)3)19-9-7-8-14(11-19)10-18-16(20)13(4)5/h12-15H,6-11H2,1-5H3,(H,18,20)/t14-,15-/m1/s1. The van der Waals surface area contributed by atoms with E-state index in [9.17, 15) is 9.59 Å². The second-order valence-corrected chi connectivity index (χ2v) is 6.84. The number of likely N-dealkylation sites (tertiary alicyclic amines) is 1. The van der Waals surface area contributed by atoms with Crippen LogP contribution in [0.4, 0.5) is 0 Å². The Morgan fingerprint density at radius 3 is 2.50 bits per heavy atom. The van der Waals surface area contributed by atoms with Gasteiger partial charge in [-0.1, -0.05) is 27.7 Å². The zero-order chi connectivity index (χ0) is 16.7. The fourth-order valence-electron chi connectivity index (χ4n) is 3.04. The molecule has 1 aliphatic rings. The number of carbonyl (C=O) groups is 2. The Hall–Kier alpha value is -1.10. The molecule has 0 saturated carbocycles. The van der Waals surface area contributed by atoms with E-state index in [1.54, 1.807) is 0 Å². The molecule has 0 aromatic heterocycles. The SMILES string of the molecule is CCOC(=O)[C@@H](C(C)C)N1CCC[C@H](CNC(=O)C(C)C)C1. The Kier molecular flexibility index (Phi) is 7.87. The highest BCUT2D eigenvalue weighted by molar-refractivity contribution is 5.77. The van der Waals surface area contributed by atoms with E-state index < -0.39 is 0 Å². The summed E-state index contributed by atoms with van der Waals surface area (Å²) in [6.07, 6.45) is 2.16. The normalized spacial score (nSPS) is 21.0. The van der Waals surface area contributed by atoms with E-state index >= 15 is 0 Å². The lowest BCUT2D eigenvalue weighted by Gasteiger charge is -2.38. The Morgan fingerprint density at radius 1 is 1.27 bits per heavy atom. The van der Waals surface area contributed by atoms with E-state index in [0.717, 1.165) is 25.9 Å². The summed E-state index contributed by atoms with van der Waals surface area (Å²) < 4.78 is 5.23. The number of nitrogens with zero attached hydrogens (tertiary/aromatic N) is 1.